The van der Waals surface area contributed by atoms with Crippen molar-refractivity contribution in [2.45, 2.75) is 52.1 Å². The summed E-state index contributed by atoms with van der Waals surface area (Å²) < 4.78 is 0. The van der Waals surface area contributed by atoms with Crippen LogP contribution in [0.15, 0.2) is 0 Å². The van der Waals surface area contributed by atoms with E-state index in [-0.39, 0.29) is 24.7 Å². The van der Waals surface area contributed by atoms with Crippen LogP contribution in [-0.4, -0.2) is 40.6 Å². The first-order valence-electron chi connectivity index (χ1n) is 6.19. The van der Waals surface area contributed by atoms with Gasteiger partial charge >= 0.3 is 12.0 Å². The summed E-state index contributed by atoms with van der Waals surface area (Å²) in [5, 5.41) is 11.6. The monoisotopic (exact) mass is 242 g/mol. The molecule has 1 rings (SSSR count). The van der Waals surface area contributed by atoms with Gasteiger partial charge in [-0.2, -0.15) is 0 Å². The van der Waals surface area contributed by atoms with Crippen LogP contribution in [0.4, 0.5) is 4.79 Å². The number of urea groups is 1. The Morgan fingerprint density at radius 1 is 1.35 bits per heavy atom. The lowest BCUT2D eigenvalue weighted by atomic mass is 10.1. The van der Waals surface area contributed by atoms with E-state index in [0.717, 1.165) is 12.3 Å². The fraction of sp³-hybridized carbons (Fsp3) is 0.833. The minimum atomic E-state index is -0.983. The molecule has 0 saturated heterocycles. The number of carbonyl (C=O) groups excluding carboxylic acids is 1. The summed E-state index contributed by atoms with van der Waals surface area (Å²) in [6.45, 7) is 5.34. The van der Waals surface area contributed by atoms with Gasteiger partial charge in [-0.25, -0.2) is 4.79 Å². The fourth-order valence-corrected chi connectivity index (χ4v) is 1.84. The zero-order valence-electron chi connectivity index (χ0n) is 10.8. The van der Waals surface area contributed by atoms with E-state index in [9.17, 15) is 9.59 Å². The van der Waals surface area contributed by atoms with Crippen molar-refractivity contribution in [2.24, 2.45) is 5.92 Å². The Hall–Kier alpha value is -1.26. The predicted octanol–water partition coefficient (Wildman–Crippen LogP) is 1.68. The van der Waals surface area contributed by atoms with Gasteiger partial charge in [-0.1, -0.05) is 12.8 Å². The second-order valence-corrected chi connectivity index (χ2v) is 5.15. The van der Waals surface area contributed by atoms with Gasteiger partial charge in [-0.05, 0) is 33.1 Å². The SMILES string of the molecule is CC(CC1CC1)NC(=O)N(CC(=O)O)C(C)C. The van der Waals surface area contributed by atoms with Crippen LogP contribution in [0.5, 0.6) is 0 Å². The largest absolute Gasteiger partial charge is 0.480 e. The molecule has 5 heteroatoms. The van der Waals surface area contributed by atoms with Gasteiger partial charge in [0.2, 0.25) is 0 Å². The van der Waals surface area contributed by atoms with Crippen molar-refractivity contribution >= 4 is 12.0 Å². The van der Waals surface area contributed by atoms with Crippen molar-refractivity contribution in [2.75, 3.05) is 6.54 Å². The number of carboxylic acid groups (broad SMARTS) is 1. The van der Waals surface area contributed by atoms with Gasteiger partial charge in [0.1, 0.15) is 6.54 Å². The lowest BCUT2D eigenvalue weighted by Gasteiger charge is -2.27. The van der Waals surface area contributed by atoms with Gasteiger partial charge < -0.3 is 15.3 Å². The highest BCUT2D eigenvalue weighted by atomic mass is 16.4. The number of hydrogen-bond acceptors (Lipinski definition) is 2. The predicted molar refractivity (Wildman–Crippen MR) is 64.8 cm³/mol. The van der Waals surface area contributed by atoms with Crippen LogP contribution >= 0.6 is 0 Å². The number of amides is 2. The summed E-state index contributed by atoms with van der Waals surface area (Å²) in [7, 11) is 0. The topological polar surface area (TPSA) is 69.6 Å². The highest BCUT2D eigenvalue weighted by Gasteiger charge is 2.26. The van der Waals surface area contributed by atoms with E-state index >= 15 is 0 Å². The summed E-state index contributed by atoms with van der Waals surface area (Å²) in [6, 6.07) is -0.278. The van der Waals surface area contributed by atoms with Gasteiger partial charge in [0.05, 0.1) is 0 Å². The van der Waals surface area contributed by atoms with Gasteiger partial charge in [0.15, 0.2) is 0 Å². The molecule has 1 aliphatic rings. The third-order valence-electron chi connectivity index (χ3n) is 2.94. The molecule has 0 aromatic carbocycles. The summed E-state index contributed by atoms with van der Waals surface area (Å²) in [6.07, 6.45) is 3.50. The molecular weight excluding hydrogens is 220 g/mol. The van der Waals surface area contributed by atoms with E-state index in [1.54, 1.807) is 0 Å². The van der Waals surface area contributed by atoms with Crippen LogP contribution in [0.1, 0.15) is 40.0 Å². The third kappa shape index (κ3) is 5.06. The normalized spacial score (nSPS) is 16.7. The molecule has 0 aliphatic heterocycles. The molecule has 1 saturated carbocycles. The average Bonchev–Trinajstić information content (AvgIpc) is 2.96. The molecule has 0 aromatic heterocycles. The second kappa shape index (κ2) is 5.89. The van der Waals surface area contributed by atoms with Crippen molar-refractivity contribution in [3.8, 4) is 0 Å². The van der Waals surface area contributed by atoms with Crippen LogP contribution in [0.2, 0.25) is 0 Å². The van der Waals surface area contributed by atoms with Crippen LogP contribution in [0, 0.1) is 5.92 Å². The Bertz CT molecular complexity index is 287. The lowest BCUT2D eigenvalue weighted by molar-refractivity contribution is -0.138. The van der Waals surface area contributed by atoms with Gasteiger partial charge in [-0.15, -0.1) is 0 Å². The van der Waals surface area contributed by atoms with Crippen LogP contribution in [-0.2, 0) is 4.79 Å². The van der Waals surface area contributed by atoms with E-state index in [0.29, 0.717) is 0 Å². The average molecular weight is 242 g/mol. The number of nitrogens with zero attached hydrogens (tertiary/aromatic N) is 1. The van der Waals surface area contributed by atoms with E-state index < -0.39 is 5.97 Å². The molecule has 0 spiro atoms. The molecule has 2 amide bonds. The number of carbonyl (C=O) groups is 2. The summed E-state index contributed by atoms with van der Waals surface area (Å²) >= 11 is 0. The zero-order chi connectivity index (χ0) is 13.0. The summed E-state index contributed by atoms with van der Waals surface area (Å²) in [5.41, 5.74) is 0. The van der Waals surface area contributed by atoms with Crippen LogP contribution < -0.4 is 5.32 Å². The molecule has 0 bridgehead atoms. The first-order chi connectivity index (χ1) is 7.90. The van der Waals surface area contributed by atoms with Crippen molar-refractivity contribution < 1.29 is 14.7 Å². The molecule has 1 aliphatic carbocycles. The molecule has 5 nitrogen and oxygen atoms in total. The van der Waals surface area contributed by atoms with Crippen molar-refractivity contribution in [1.82, 2.24) is 10.2 Å². The van der Waals surface area contributed by atoms with E-state index in [2.05, 4.69) is 5.32 Å². The number of nitrogens with one attached hydrogen (secondary N) is 1. The Balaban J connectivity index is 2.42. The molecule has 17 heavy (non-hydrogen) atoms. The van der Waals surface area contributed by atoms with Gasteiger partial charge in [0, 0.05) is 12.1 Å². The Kier molecular flexibility index (Phi) is 4.78. The summed E-state index contributed by atoms with van der Waals surface area (Å²) in [4.78, 5) is 23.9. The van der Waals surface area contributed by atoms with E-state index in [1.807, 2.05) is 20.8 Å². The Morgan fingerprint density at radius 3 is 2.35 bits per heavy atom. The van der Waals surface area contributed by atoms with Gasteiger partial charge in [-0.3, -0.25) is 4.79 Å². The quantitative estimate of drug-likeness (QED) is 0.744. The number of rotatable bonds is 6. The highest BCUT2D eigenvalue weighted by molar-refractivity contribution is 5.80. The van der Waals surface area contributed by atoms with Crippen LogP contribution in [0.25, 0.3) is 0 Å². The first kappa shape index (κ1) is 13.8. The maximum atomic E-state index is 11.9. The van der Waals surface area contributed by atoms with Crippen molar-refractivity contribution in [3.05, 3.63) is 0 Å². The van der Waals surface area contributed by atoms with Crippen molar-refractivity contribution in [3.63, 3.8) is 0 Å². The standard InChI is InChI=1S/C12H22N2O3/c1-8(2)14(7-11(15)16)12(17)13-9(3)6-10-4-5-10/h8-10H,4-7H2,1-3H3,(H,13,17)(H,15,16). The minimum absolute atomic E-state index is 0.112. The van der Waals surface area contributed by atoms with E-state index in [4.69, 9.17) is 5.11 Å². The Morgan fingerprint density at radius 2 is 1.94 bits per heavy atom. The molecule has 0 heterocycles. The van der Waals surface area contributed by atoms with E-state index in [1.165, 1.54) is 17.7 Å². The van der Waals surface area contributed by atoms with Crippen molar-refractivity contribution in [1.29, 1.82) is 0 Å². The number of hydrogen-bond donors (Lipinski definition) is 2. The number of aliphatic carboxylic acids is 1. The first-order valence-corrected chi connectivity index (χ1v) is 6.19. The molecule has 98 valence electrons. The molecule has 0 aromatic rings. The molecule has 0 radical (unpaired) electrons. The molecule has 1 fully saturated rings. The maximum Gasteiger partial charge on any atom is 0.323 e. The zero-order valence-corrected chi connectivity index (χ0v) is 10.8. The second-order valence-electron chi connectivity index (χ2n) is 5.15. The minimum Gasteiger partial charge on any atom is -0.480 e. The van der Waals surface area contributed by atoms with Crippen LogP contribution in [0.3, 0.4) is 0 Å². The van der Waals surface area contributed by atoms with Gasteiger partial charge in [0.25, 0.3) is 0 Å². The third-order valence-corrected chi connectivity index (χ3v) is 2.94. The Labute approximate surface area is 102 Å². The highest BCUT2D eigenvalue weighted by Crippen LogP contribution is 2.33. The maximum absolute atomic E-state index is 11.9. The smallest absolute Gasteiger partial charge is 0.323 e. The molecule has 1 atom stereocenters. The lowest BCUT2D eigenvalue weighted by Crippen LogP contribution is -2.49. The molecular formula is C12H22N2O3. The molecule has 1 unspecified atom stereocenters. The number of carboxylic acids is 1. The summed E-state index contributed by atoms with van der Waals surface area (Å²) in [5.74, 6) is -0.235. The molecule has 2 N–H and O–H groups in total. The fourth-order valence-electron chi connectivity index (χ4n) is 1.84.